The molecule has 0 aliphatic rings. The molecule has 0 aliphatic carbocycles. The van der Waals surface area contributed by atoms with E-state index in [1.54, 1.807) is 22.7 Å². The second-order valence-corrected chi connectivity index (χ2v) is 6.24. The maximum Gasteiger partial charge on any atom is 0.123 e. The van der Waals surface area contributed by atoms with E-state index in [2.05, 4.69) is 46.4 Å². The third kappa shape index (κ3) is 2.03. The predicted molar refractivity (Wildman–Crippen MR) is 86.2 cm³/mol. The van der Waals surface area contributed by atoms with Crippen molar-refractivity contribution in [1.29, 1.82) is 0 Å². The van der Waals surface area contributed by atoms with Crippen LogP contribution in [0.4, 0.5) is 0 Å². The summed E-state index contributed by atoms with van der Waals surface area (Å²) in [5, 5.41) is 8.60. The Hall–Kier alpha value is -2.04. The molecule has 0 fully saturated rings. The van der Waals surface area contributed by atoms with Gasteiger partial charge in [0.1, 0.15) is 10.0 Å². The zero-order chi connectivity index (χ0) is 13.4. The van der Waals surface area contributed by atoms with E-state index in [9.17, 15) is 0 Å². The quantitative estimate of drug-likeness (QED) is 0.515. The van der Waals surface area contributed by atoms with Gasteiger partial charge in [0.05, 0.1) is 0 Å². The highest BCUT2D eigenvalue weighted by Gasteiger charge is 2.05. The Morgan fingerprint density at radius 2 is 1.20 bits per heavy atom. The lowest BCUT2D eigenvalue weighted by Crippen LogP contribution is -1.80. The van der Waals surface area contributed by atoms with Crippen molar-refractivity contribution in [3.8, 4) is 21.1 Å². The van der Waals surface area contributed by atoms with E-state index in [-0.39, 0.29) is 0 Å². The molecule has 0 N–H and O–H groups in total. The highest BCUT2D eigenvalue weighted by molar-refractivity contribution is 7.13. The lowest BCUT2D eigenvalue weighted by molar-refractivity contribution is 1.41. The predicted octanol–water partition coefficient (Wildman–Crippen LogP) is 5.09. The zero-order valence-corrected chi connectivity index (χ0v) is 12.1. The summed E-state index contributed by atoms with van der Waals surface area (Å²) in [4.78, 5) is 8.75. The van der Waals surface area contributed by atoms with Gasteiger partial charge in [-0.3, -0.25) is 0 Å². The second-order valence-electron chi connectivity index (χ2n) is 4.45. The topological polar surface area (TPSA) is 25.8 Å². The number of benzene rings is 2. The fourth-order valence-corrected chi connectivity index (χ4v) is 3.52. The lowest BCUT2D eigenvalue weighted by atomic mass is 10.0. The number of hydrogen-bond acceptors (Lipinski definition) is 4. The van der Waals surface area contributed by atoms with Crippen LogP contribution in [-0.4, -0.2) is 9.97 Å². The second kappa shape index (κ2) is 4.81. The molecule has 4 heteroatoms. The monoisotopic (exact) mass is 294 g/mol. The van der Waals surface area contributed by atoms with Crippen LogP contribution in [-0.2, 0) is 0 Å². The van der Waals surface area contributed by atoms with Crippen LogP contribution in [0.2, 0.25) is 0 Å². The van der Waals surface area contributed by atoms with Gasteiger partial charge in [-0.25, -0.2) is 9.97 Å². The van der Waals surface area contributed by atoms with Gasteiger partial charge in [0.15, 0.2) is 0 Å². The number of thiazole rings is 2. The van der Waals surface area contributed by atoms with Gasteiger partial charge in [-0.1, -0.05) is 24.3 Å². The van der Waals surface area contributed by atoms with E-state index < -0.39 is 0 Å². The molecule has 0 bridgehead atoms. The molecule has 4 rings (SSSR count). The average Bonchev–Trinajstić information content (AvgIpc) is 3.19. The molecular weight excluding hydrogens is 284 g/mol. The van der Waals surface area contributed by atoms with Gasteiger partial charge in [0, 0.05) is 34.3 Å². The molecule has 0 saturated heterocycles. The Morgan fingerprint density at radius 3 is 1.65 bits per heavy atom. The van der Waals surface area contributed by atoms with Gasteiger partial charge in [-0.15, -0.1) is 22.7 Å². The van der Waals surface area contributed by atoms with E-state index in [1.165, 1.54) is 21.9 Å². The summed E-state index contributed by atoms with van der Waals surface area (Å²) in [6.45, 7) is 0. The molecule has 20 heavy (non-hydrogen) atoms. The summed E-state index contributed by atoms with van der Waals surface area (Å²) in [5.41, 5.74) is 2.34. The summed E-state index contributed by atoms with van der Waals surface area (Å²) in [6, 6.07) is 13.0. The highest BCUT2D eigenvalue weighted by Crippen LogP contribution is 2.29. The SMILES string of the molecule is c1csc(-c2ccc3ccc(-c4nccs4)cc3c2)n1. The van der Waals surface area contributed by atoms with E-state index in [1.807, 2.05) is 23.2 Å². The first-order valence-corrected chi connectivity index (χ1v) is 8.00. The molecule has 0 radical (unpaired) electrons. The Labute approximate surface area is 124 Å². The lowest BCUT2D eigenvalue weighted by Gasteiger charge is -2.03. The van der Waals surface area contributed by atoms with Crippen LogP contribution in [0.3, 0.4) is 0 Å². The number of nitrogens with zero attached hydrogens (tertiary/aromatic N) is 2. The van der Waals surface area contributed by atoms with Gasteiger partial charge in [0.25, 0.3) is 0 Å². The van der Waals surface area contributed by atoms with Crippen LogP contribution in [0, 0.1) is 0 Å². The molecule has 0 atom stereocenters. The zero-order valence-electron chi connectivity index (χ0n) is 10.5. The Bertz CT molecular complexity index is 780. The van der Waals surface area contributed by atoms with Crippen molar-refractivity contribution in [3.05, 3.63) is 59.6 Å². The normalized spacial score (nSPS) is 11.0. The van der Waals surface area contributed by atoms with Crippen LogP contribution < -0.4 is 0 Å². The van der Waals surface area contributed by atoms with Crippen LogP contribution >= 0.6 is 22.7 Å². The Balaban J connectivity index is 1.88. The third-order valence-corrected chi connectivity index (χ3v) is 4.84. The number of hydrogen-bond donors (Lipinski definition) is 0. The summed E-state index contributed by atoms with van der Waals surface area (Å²) in [7, 11) is 0. The smallest absolute Gasteiger partial charge is 0.123 e. The van der Waals surface area contributed by atoms with E-state index in [0.29, 0.717) is 0 Å². The van der Waals surface area contributed by atoms with Crippen molar-refractivity contribution in [2.75, 3.05) is 0 Å². The molecule has 2 heterocycles. The van der Waals surface area contributed by atoms with Crippen molar-refractivity contribution >= 4 is 33.4 Å². The summed E-state index contributed by atoms with van der Waals surface area (Å²) in [6.07, 6.45) is 3.69. The van der Waals surface area contributed by atoms with E-state index >= 15 is 0 Å². The molecule has 0 unspecified atom stereocenters. The molecule has 96 valence electrons. The summed E-state index contributed by atoms with van der Waals surface area (Å²) >= 11 is 3.33. The minimum atomic E-state index is 1.06. The number of rotatable bonds is 2. The first-order chi connectivity index (χ1) is 9.90. The van der Waals surface area contributed by atoms with Crippen molar-refractivity contribution in [3.63, 3.8) is 0 Å². The first-order valence-electron chi connectivity index (χ1n) is 6.24. The molecule has 0 spiro atoms. The fraction of sp³-hybridized carbons (Fsp3) is 0. The summed E-state index contributed by atoms with van der Waals surface area (Å²) in [5.74, 6) is 0. The molecule has 0 saturated carbocycles. The van der Waals surface area contributed by atoms with Gasteiger partial charge in [-0.05, 0) is 22.9 Å². The minimum Gasteiger partial charge on any atom is -0.245 e. The molecule has 2 aromatic heterocycles. The molecule has 0 aliphatic heterocycles. The van der Waals surface area contributed by atoms with E-state index in [0.717, 1.165) is 10.0 Å². The standard InChI is InChI=1S/C16H10N2S2/c1-3-12(15-17-5-7-19-15)9-14-10-13(4-2-11(1)14)16-18-6-8-20-16/h1-10H. The van der Waals surface area contributed by atoms with Crippen molar-refractivity contribution in [2.45, 2.75) is 0 Å². The van der Waals surface area contributed by atoms with Crippen LogP contribution in [0.25, 0.3) is 31.9 Å². The minimum absolute atomic E-state index is 1.06. The van der Waals surface area contributed by atoms with Crippen LogP contribution in [0.15, 0.2) is 59.6 Å². The molecule has 2 nitrogen and oxygen atoms in total. The van der Waals surface area contributed by atoms with Gasteiger partial charge in [0.2, 0.25) is 0 Å². The van der Waals surface area contributed by atoms with Crippen LogP contribution in [0.5, 0.6) is 0 Å². The Morgan fingerprint density at radius 1 is 0.650 bits per heavy atom. The fourth-order valence-electron chi connectivity index (χ4n) is 2.24. The Kier molecular flexibility index (Phi) is 2.83. The van der Waals surface area contributed by atoms with Gasteiger partial charge < -0.3 is 0 Å². The molecular formula is C16H10N2S2. The molecule has 4 aromatic rings. The van der Waals surface area contributed by atoms with E-state index in [4.69, 9.17) is 0 Å². The maximum absolute atomic E-state index is 4.37. The largest absolute Gasteiger partial charge is 0.245 e. The first kappa shape index (κ1) is 11.8. The van der Waals surface area contributed by atoms with Crippen molar-refractivity contribution < 1.29 is 0 Å². The number of fused-ring (bicyclic) bond motifs is 1. The van der Waals surface area contributed by atoms with Gasteiger partial charge in [-0.2, -0.15) is 0 Å². The number of aromatic nitrogens is 2. The average molecular weight is 294 g/mol. The summed E-state index contributed by atoms with van der Waals surface area (Å²) < 4.78 is 0. The van der Waals surface area contributed by atoms with Crippen molar-refractivity contribution in [1.82, 2.24) is 9.97 Å². The van der Waals surface area contributed by atoms with Gasteiger partial charge >= 0.3 is 0 Å². The molecule has 2 aromatic carbocycles. The van der Waals surface area contributed by atoms with Crippen LogP contribution in [0.1, 0.15) is 0 Å². The highest BCUT2D eigenvalue weighted by atomic mass is 32.1. The van der Waals surface area contributed by atoms with Crippen molar-refractivity contribution in [2.24, 2.45) is 0 Å². The molecule has 0 amide bonds. The third-order valence-electron chi connectivity index (χ3n) is 3.20. The maximum atomic E-state index is 4.37.